The van der Waals surface area contributed by atoms with E-state index in [-0.39, 0.29) is 11.9 Å². The molecule has 1 aromatic heterocycles. The Morgan fingerprint density at radius 3 is 2.76 bits per heavy atom. The summed E-state index contributed by atoms with van der Waals surface area (Å²) in [6.45, 7) is 0. The van der Waals surface area contributed by atoms with Crippen LogP contribution in [0.3, 0.4) is 0 Å². The van der Waals surface area contributed by atoms with Gasteiger partial charge in [0, 0.05) is 25.0 Å². The summed E-state index contributed by atoms with van der Waals surface area (Å²) in [6.07, 6.45) is 5.67. The SMILES string of the molecule is COc1ccc(C2CC=NN2C(=O)c2cccnc2)cc1. The maximum Gasteiger partial charge on any atom is 0.276 e. The second-order valence-corrected chi connectivity index (χ2v) is 4.71. The van der Waals surface area contributed by atoms with Crippen LogP contribution in [-0.4, -0.2) is 29.2 Å². The summed E-state index contributed by atoms with van der Waals surface area (Å²) in [4.78, 5) is 16.5. The van der Waals surface area contributed by atoms with Crippen molar-refractivity contribution in [2.75, 3.05) is 7.11 Å². The fourth-order valence-electron chi connectivity index (χ4n) is 2.33. The molecule has 0 aliphatic carbocycles. The van der Waals surface area contributed by atoms with Gasteiger partial charge >= 0.3 is 0 Å². The number of hydrogen-bond donors (Lipinski definition) is 0. The zero-order chi connectivity index (χ0) is 14.7. The Morgan fingerprint density at radius 1 is 1.29 bits per heavy atom. The molecule has 0 saturated carbocycles. The first-order valence-corrected chi connectivity index (χ1v) is 6.69. The molecule has 0 fully saturated rings. The Kier molecular flexibility index (Phi) is 3.64. The Labute approximate surface area is 122 Å². The van der Waals surface area contributed by atoms with E-state index >= 15 is 0 Å². The summed E-state index contributed by atoms with van der Waals surface area (Å²) < 4.78 is 5.16. The predicted octanol–water partition coefficient (Wildman–Crippen LogP) is 2.66. The van der Waals surface area contributed by atoms with Gasteiger partial charge in [0.2, 0.25) is 0 Å². The largest absolute Gasteiger partial charge is 0.497 e. The summed E-state index contributed by atoms with van der Waals surface area (Å²) in [5.74, 6) is 0.653. The Morgan fingerprint density at radius 2 is 2.10 bits per heavy atom. The highest BCUT2D eigenvalue weighted by molar-refractivity contribution is 5.95. The molecule has 106 valence electrons. The molecule has 0 N–H and O–H groups in total. The van der Waals surface area contributed by atoms with E-state index < -0.39 is 0 Å². The number of rotatable bonds is 3. The monoisotopic (exact) mass is 281 g/mol. The van der Waals surface area contributed by atoms with Crippen molar-refractivity contribution in [3.8, 4) is 5.75 Å². The number of carbonyl (C=O) groups excluding carboxylic acids is 1. The lowest BCUT2D eigenvalue weighted by Gasteiger charge is -2.22. The molecule has 5 heteroatoms. The van der Waals surface area contributed by atoms with Crippen LogP contribution in [0.15, 0.2) is 53.9 Å². The van der Waals surface area contributed by atoms with Crippen molar-refractivity contribution in [2.45, 2.75) is 12.5 Å². The summed E-state index contributed by atoms with van der Waals surface area (Å²) >= 11 is 0. The van der Waals surface area contributed by atoms with E-state index in [0.29, 0.717) is 12.0 Å². The Hall–Kier alpha value is -2.69. The average Bonchev–Trinajstić information content (AvgIpc) is 3.04. The third kappa shape index (κ3) is 2.63. The molecule has 0 radical (unpaired) electrons. The van der Waals surface area contributed by atoms with Gasteiger partial charge in [-0.1, -0.05) is 12.1 Å². The van der Waals surface area contributed by atoms with E-state index in [9.17, 15) is 4.79 Å². The highest BCUT2D eigenvalue weighted by Crippen LogP contribution is 2.30. The zero-order valence-corrected chi connectivity index (χ0v) is 11.6. The maximum absolute atomic E-state index is 12.5. The number of benzene rings is 1. The molecule has 1 unspecified atom stereocenters. The molecule has 0 spiro atoms. The van der Waals surface area contributed by atoms with Crippen LogP contribution < -0.4 is 4.74 Å². The van der Waals surface area contributed by atoms with Gasteiger partial charge in [-0.3, -0.25) is 9.78 Å². The summed E-state index contributed by atoms with van der Waals surface area (Å²) in [6, 6.07) is 11.1. The first-order chi connectivity index (χ1) is 10.3. The van der Waals surface area contributed by atoms with E-state index in [2.05, 4.69) is 10.1 Å². The van der Waals surface area contributed by atoms with Crippen LogP contribution in [0.25, 0.3) is 0 Å². The van der Waals surface area contributed by atoms with Gasteiger partial charge in [-0.25, -0.2) is 5.01 Å². The van der Waals surface area contributed by atoms with Crippen LogP contribution >= 0.6 is 0 Å². The highest BCUT2D eigenvalue weighted by Gasteiger charge is 2.29. The van der Waals surface area contributed by atoms with E-state index in [1.807, 2.05) is 24.3 Å². The Balaban J connectivity index is 1.84. The van der Waals surface area contributed by atoms with Gasteiger partial charge in [0.25, 0.3) is 5.91 Å². The maximum atomic E-state index is 12.5. The van der Waals surface area contributed by atoms with Gasteiger partial charge in [0.1, 0.15) is 5.75 Å². The molecule has 0 saturated heterocycles. The van der Waals surface area contributed by atoms with Crippen molar-refractivity contribution in [3.05, 3.63) is 59.9 Å². The summed E-state index contributed by atoms with van der Waals surface area (Å²) in [5, 5.41) is 5.72. The molecule has 1 aliphatic heterocycles. The van der Waals surface area contributed by atoms with Crippen LogP contribution in [0.2, 0.25) is 0 Å². The van der Waals surface area contributed by atoms with E-state index in [0.717, 1.165) is 11.3 Å². The molecule has 3 rings (SSSR count). The van der Waals surface area contributed by atoms with Crippen LogP contribution in [0.5, 0.6) is 5.75 Å². The minimum atomic E-state index is -0.141. The molecule has 2 aromatic rings. The van der Waals surface area contributed by atoms with Crippen molar-refractivity contribution in [1.29, 1.82) is 0 Å². The van der Waals surface area contributed by atoms with Crippen LogP contribution in [-0.2, 0) is 0 Å². The number of ether oxygens (including phenoxy) is 1. The minimum Gasteiger partial charge on any atom is -0.497 e. The molecule has 1 atom stereocenters. The van der Waals surface area contributed by atoms with E-state index in [1.54, 1.807) is 37.9 Å². The molecule has 1 aliphatic rings. The number of aromatic nitrogens is 1. The lowest BCUT2D eigenvalue weighted by atomic mass is 10.0. The summed E-state index contributed by atoms with van der Waals surface area (Å²) in [5.41, 5.74) is 1.57. The van der Waals surface area contributed by atoms with Gasteiger partial charge < -0.3 is 4.74 Å². The van der Waals surface area contributed by atoms with E-state index in [1.165, 1.54) is 5.01 Å². The lowest BCUT2D eigenvalue weighted by molar-refractivity contribution is 0.0711. The summed E-state index contributed by atoms with van der Waals surface area (Å²) in [7, 11) is 1.63. The molecule has 0 bridgehead atoms. The number of methoxy groups -OCH3 is 1. The van der Waals surface area contributed by atoms with Gasteiger partial charge in [0.05, 0.1) is 18.7 Å². The third-order valence-electron chi connectivity index (χ3n) is 3.45. The quantitative estimate of drug-likeness (QED) is 0.869. The minimum absolute atomic E-state index is 0.0800. The van der Waals surface area contributed by atoms with Crippen molar-refractivity contribution in [3.63, 3.8) is 0 Å². The number of nitrogens with zero attached hydrogens (tertiary/aromatic N) is 3. The molecule has 1 aromatic carbocycles. The zero-order valence-electron chi connectivity index (χ0n) is 11.6. The highest BCUT2D eigenvalue weighted by atomic mass is 16.5. The van der Waals surface area contributed by atoms with Crippen molar-refractivity contribution in [2.24, 2.45) is 5.10 Å². The molecule has 1 amide bonds. The number of carbonyl (C=O) groups is 1. The van der Waals surface area contributed by atoms with Gasteiger partial charge in [-0.05, 0) is 29.8 Å². The molecular formula is C16H15N3O2. The number of hydrogen-bond acceptors (Lipinski definition) is 4. The fraction of sp³-hybridized carbons (Fsp3) is 0.188. The number of hydrazone groups is 1. The molecule has 2 heterocycles. The van der Waals surface area contributed by atoms with Crippen LogP contribution in [0.1, 0.15) is 28.4 Å². The van der Waals surface area contributed by atoms with Crippen molar-refractivity contribution in [1.82, 2.24) is 9.99 Å². The number of amides is 1. The smallest absolute Gasteiger partial charge is 0.276 e. The van der Waals surface area contributed by atoms with Gasteiger partial charge in [-0.2, -0.15) is 5.10 Å². The second-order valence-electron chi connectivity index (χ2n) is 4.71. The topological polar surface area (TPSA) is 54.8 Å². The van der Waals surface area contributed by atoms with Gasteiger partial charge in [-0.15, -0.1) is 0 Å². The molecule has 21 heavy (non-hydrogen) atoms. The second kappa shape index (κ2) is 5.75. The van der Waals surface area contributed by atoms with Crippen molar-refractivity contribution < 1.29 is 9.53 Å². The Bertz CT molecular complexity index is 653. The molecule has 5 nitrogen and oxygen atoms in total. The lowest BCUT2D eigenvalue weighted by Crippen LogP contribution is -2.27. The fourth-order valence-corrected chi connectivity index (χ4v) is 2.33. The predicted molar refractivity (Wildman–Crippen MR) is 79.3 cm³/mol. The first-order valence-electron chi connectivity index (χ1n) is 6.69. The van der Waals surface area contributed by atoms with Crippen LogP contribution in [0.4, 0.5) is 0 Å². The van der Waals surface area contributed by atoms with Crippen molar-refractivity contribution >= 4 is 12.1 Å². The standard InChI is InChI=1S/C16H15N3O2/c1-21-14-6-4-12(5-7-14)15-8-10-18-19(15)16(20)13-3-2-9-17-11-13/h2-7,9-11,15H,8H2,1H3. The normalized spacial score (nSPS) is 17.0. The van der Waals surface area contributed by atoms with Crippen LogP contribution in [0, 0.1) is 0 Å². The molecular weight excluding hydrogens is 266 g/mol. The van der Waals surface area contributed by atoms with Gasteiger partial charge in [0.15, 0.2) is 0 Å². The average molecular weight is 281 g/mol. The van der Waals surface area contributed by atoms with E-state index in [4.69, 9.17) is 4.74 Å². The number of pyridine rings is 1. The third-order valence-corrected chi connectivity index (χ3v) is 3.45. The first kappa shape index (κ1) is 13.3.